The highest BCUT2D eigenvalue weighted by Gasteiger charge is 2.38. The Morgan fingerprint density at radius 3 is 2.39 bits per heavy atom. The summed E-state index contributed by atoms with van der Waals surface area (Å²) in [6.07, 6.45) is -0.154. The van der Waals surface area contributed by atoms with Crippen molar-refractivity contribution in [2.45, 2.75) is 25.1 Å². The number of carboxylic acids is 1. The van der Waals surface area contributed by atoms with E-state index < -0.39 is 12.1 Å². The van der Waals surface area contributed by atoms with Gasteiger partial charge in [0.2, 0.25) is 5.95 Å². The fraction of sp³-hybridized carbons (Fsp3) is 0.417. The van der Waals surface area contributed by atoms with Gasteiger partial charge in [-0.1, -0.05) is 0 Å². The molecular weight excluding hydrogens is 507 g/mol. The van der Waals surface area contributed by atoms with Crippen LogP contribution in [0.3, 0.4) is 0 Å². The van der Waals surface area contributed by atoms with Gasteiger partial charge in [-0.3, -0.25) is 0 Å². The number of aliphatic hydroxyl groups excluding tert-OH is 1. The summed E-state index contributed by atoms with van der Waals surface area (Å²) in [6, 6.07) is 12.2. The summed E-state index contributed by atoms with van der Waals surface area (Å²) in [5.74, 6) is -1.38. The number of anilines is 4. The van der Waals surface area contributed by atoms with Gasteiger partial charge >= 0.3 is 12.1 Å². The third-order valence-corrected chi connectivity index (χ3v) is 5.93. The molecule has 2 aliphatic heterocycles. The van der Waals surface area contributed by atoms with E-state index in [1.54, 1.807) is 17.2 Å². The number of rotatable bonds is 5. The lowest BCUT2D eigenvalue weighted by Crippen LogP contribution is -2.38. The van der Waals surface area contributed by atoms with Gasteiger partial charge < -0.3 is 30.1 Å². The molecule has 38 heavy (non-hydrogen) atoms. The molecule has 11 nitrogen and oxygen atoms in total. The highest BCUT2D eigenvalue weighted by atomic mass is 19.4. The number of aliphatic hydroxyl groups is 1. The fourth-order valence-electron chi connectivity index (χ4n) is 4.02. The second kappa shape index (κ2) is 12.1. The third-order valence-electron chi connectivity index (χ3n) is 5.93. The maximum Gasteiger partial charge on any atom is 0.490 e. The lowest BCUT2D eigenvalue weighted by atomic mass is 10.1. The topological polar surface area (TPSA) is 129 Å². The first-order valence-electron chi connectivity index (χ1n) is 12.0. The van der Waals surface area contributed by atoms with Crippen molar-refractivity contribution in [2.24, 2.45) is 0 Å². The molecule has 0 radical (unpaired) electrons. The Hall–Kier alpha value is -3.91. The molecule has 0 amide bonds. The Kier molecular flexibility index (Phi) is 8.63. The minimum absolute atomic E-state index is 0.313. The molecule has 2 fully saturated rings. The molecule has 2 saturated heterocycles. The largest absolute Gasteiger partial charge is 0.490 e. The van der Waals surface area contributed by atoms with E-state index >= 15 is 0 Å². The average molecular weight is 536 g/mol. The van der Waals surface area contributed by atoms with Gasteiger partial charge in [0, 0.05) is 49.8 Å². The maximum atomic E-state index is 10.6. The second-order valence-corrected chi connectivity index (χ2v) is 8.70. The number of benzene rings is 1. The summed E-state index contributed by atoms with van der Waals surface area (Å²) >= 11 is 0. The molecular formula is C24H28F3N7O4. The van der Waals surface area contributed by atoms with Crippen LogP contribution in [-0.4, -0.2) is 87.6 Å². The molecule has 3 aromatic rings. The molecule has 4 heterocycles. The molecule has 0 bridgehead atoms. The highest BCUT2D eigenvalue weighted by molar-refractivity contribution is 5.73. The van der Waals surface area contributed by atoms with E-state index in [0.717, 1.165) is 62.9 Å². The van der Waals surface area contributed by atoms with Crippen LogP contribution < -0.4 is 15.1 Å². The lowest BCUT2D eigenvalue weighted by molar-refractivity contribution is -0.192. The van der Waals surface area contributed by atoms with Crippen molar-refractivity contribution in [1.82, 2.24) is 19.7 Å². The van der Waals surface area contributed by atoms with Gasteiger partial charge in [-0.2, -0.15) is 18.2 Å². The minimum Gasteiger partial charge on any atom is -0.475 e. The zero-order valence-electron chi connectivity index (χ0n) is 20.4. The number of β-amino-alcohol motifs (C(OH)–C–C–N with tert-alkyl or cyclic N) is 1. The van der Waals surface area contributed by atoms with Crippen LogP contribution in [0.2, 0.25) is 0 Å². The molecule has 0 saturated carbocycles. The summed E-state index contributed by atoms with van der Waals surface area (Å²) in [7, 11) is 0. The normalized spacial score (nSPS) is 17.9. The van der Waals surface area contributed by atoms with Crippen LogP contribution in [0.15, 0.2) is 48.9 Å². The van der Waals surface area contributed by atoms with Crippen LogP contribution in [0.25, 0.3) is 5.69 Å². The number of carboxylic acid groups (broad SMARTS) is 1. The molecule has 14 heteroatoms. The maximum absolute atomic E-state index is 10.6. The number of nitrogens with zero attached hydrogens (tertiary/aromatic N) is 6. The zero-order chi connectivity index (χ0) is 27.1. The number of hydrogen-bond acceptors (Lipinski definition) is 9. The van der Waals surface area contributed by atoms with Crippen molar-refractivity contribution >= 4 is 29.1 Å². The van der Waals surface area contributed by atoms with Crippen LogP contribution in [0.4, 0.5) is 36.3 Å². The molecule has 204 valence electrons. The van der Waals surface area contributed by atoms with Crippen molar-refractivity contribution in [2.75, 3.05) is 54.5 Å². The van der Waals surface area contributed by atoms with Crippen LogP contribution in [-0.2, 0) is 9.53 Å². The Morgan fingerprint density at radius 2 is 1.74 bits per heavy atom. The van der Waals surface area contributed by atoms with Gasteiger partial charge in [0.05, 0.1) is 25.0 Å². The molecule has 3 N–H and O–H groups in total. The number of aromatic nitrogens is 4. The number of ether oxygens (including phenoxy) is 1. The first-order valence-corrected chi connectivity index (χ1v) is 12.0. The van der Waals surface area contributed by atoms with E-state index in [1.807, 2.05) is 17.0 Å². The van der Waals surface area contributed by atoms with Crippen LogP contribution in [0, 0.1) is 0 Å². The number of halogens is 3. The summed E-state index contributed by atoms with van der Waals surface area (Å²) < 4.78 is 38.9. The van der Waals surface area contributed by atoms with E-state index in [2.05, 4.69) is 49.5 Å². The first kappa shape index (κ1) is 27.1. The summed E-state index contributed by atoms with van der Waals surface area (Å²) in [6.45, 7) is 4.84. The first-order chi connectivity index (χ1) is 18.2. The van der Waals surface area contributed by atoms with E-state index in [-0.39, 0.29) is 6.10 Å². The molecule has 2 aliphatic rings. The van der Waals surface area contributed by atoms with Crippen LogP contribution in [0.1, 0.15) is 12.8 Å². The van der Waals surface area contributed by atoms with Crippen molar-refractivity contribution in [3.8, 4) is 5.69 Å². The number of alkyl halides is 3. The Bertz CT molecular complexity index is 1200. The Balaban J connectivity index is 0.000000426. The number of carbonyl (C=O) groups is 1. The summed E-state index contributed by atoms with van der Waals surface area (Å²) in [5, 5.41) is 25.0. The van der Waals surface area contributed by atoms with Crippen molar-refractivity contribution in [1.29, 1.82) is 0 Å². The van der Waals surface area contributed by atoms with E-state index in [9.17, 15) is 18.3 Å². The molecule has 0 aliphatic carbocycles. The van der Waals surface area contributed by atoms with Gasteiger partial charge in [0.25, 0.3) is 0 Å². The van der Waals surface area contributed by atoms with Gasteiger partial charge in [-0.05, 0) is 43.2 Å². The van der Waals surface area contributed by atoms with E-state index in [0.29, 0.717) is 12.5 Å². The molecule has 1 unspecified atom stereocenters. The number of piperidine rings is 1. The number of aliphatic carboxylic acids is 1. The summed E-state index contributed by atoms with van der Waals surface area (Å²) in [5.41, 5.74) is 3.05. The van der Waals surface area contributed by atoms with Crippen LogP contribution >= 0.6 is 0 Å². The Labute approximate surface area is 216 Å². The third kappa shape index (κ3) is 7.32. The highest BCUT2D eigenvalue weighted by Crippen LogP contribution is 2.23. The van der Waals surface area contributed by atoms with Gasteiger partial charge in [-0.25, -0.2) is 14.5 Å². The van der Waals surface area contributed by atoms with Crippen molar-refractivity contribution in [3.63, 3.8) is 0 Å². The Morgan fingerprint density at radius 1 is 1.03 bits per heavy atom. The monoisotopic (exact) mass is 535 g/mol. The molecule has 1 aromatic carbocycles. The number of hydrogen-bond donors (Lipinski definition) is 3. The fourth-order valence-corrected chi connectivity index (χ4v) is 4.02. The van der Waals surface area contributed by atoms with Gasteiger partial charge in [0.1, 0.15) is 12.1 Å². The van der Waals surface area contributed by atoms with Gasteiger partial charge in [0.15, 0.2) is 0 Å². The van der Waals surface area contributed by atoms with Crippen LogP contribution in [0.5, 0.6) is 0 Å². The second-order valence-electron chi connectivity index (χ2n) is 8.70. The number of pyridine rings is 1. The molecule has 1 atom stereocenters. The molecule has 0 spiro atoms. The zero-order valence-corrected chi connectivity index (χ0v) is 20.4. The van der Waals surface area contributed by atoms with Crippen molar-refractivity contribution < 1.29 is 32.9 Å². The molecule has 5 rings (SSSR count). The lowest BCUT2D eigenvalue weighted by Gasteiger charge is -2.28. The smallest absolute Gasteiger partial charge is 0.475 e. The SMILES string of the molecule is O=C(O)C(F)(F)F.OC1CCCN(c2ncn(-c3ccnc(Nc4ccc(N5CCOCC5)cc4)c3)n2)C1. The predicted molar refractivity (Wildman–Crippen MR) is 133 cm³/mol. The van der Waals surface area contributed by atoms with Crippen molar-refractivity contribution in [3.05, 3.63) is 48.9 Å². The number of morpholine rings is 1. The average Bonchev–Trinajstić information content (AvgIpc) is 3.40. The van der Waals surface area contributed by atoms with Gasteiger partial charge in [-0.15, -0.1) is 5.10 Å². The predicted octanol–water partition coefficient (Wildman–Crippen LogP) is 2.84. The van der Waals surface area contributed by atoms with E-state index in [1.165, 1.54) is 5.69 Å². The standard InChI is InChI=1S/C22H27N7O2.C2HF3O2/c30-20-2-1-9-28(15-20)22-24-16-29(26-22)19-7-8-23-21(14-19)25-17-3-5-18(6-4-17)27-10-12-31-13-11-27;3-2(4,5)1(6)7/h3-8,14,16,20,30H,1-2,9-13,15H2,(H,23,25);(H,6,7). The quantitative estimate of drug-likeness (QED) is 0.449. The van der Waals surface area contributed by atoms with E-state index in [4.69, 9.17) is 14.6 Å². The summed E-state index contributed by atoms with van der Waals surface area (Å²) in [4.78, 5) is 22.1. The molecule has 2 aromatic heterocycles. The number of nitrogens with one attached hydrogen (secondary N) is 1. The minimum atomic E-state index is -5.08.